The fraction of sp³-hybridized carbons (Fsp3) is 0.600. The summed E-state index contributed by atoms with van der Waals surface area (Å²) in [7, 11) is 0. The lowest BCUT2D eigenvalue weighted by atomic mass is 9.93. The van der Waals surface area contributed by atoms with E-state index in [2.05, 4.69) is 40.7 Å². The summed E-state index contributed by atoms with van der Waals surface area (Å²) in [5.41, 5.74) is 2.61. The van der Waals surface area contributed by atoms with Gasteiger partial charge in [0.2, 0.25) is 5.91 Å². The molecule has 0 unspecified atom stereocenters. The average molecular weight is 358 g/mol. The Bertz CT molecular complexity index is 640. The van der Waals surface area contributed by atoms with Crippen molar-refractivity contribution < 1.29 is 9.59 Å². The van der Waals surface area contributed by atoms with Gasteiger partial charge in [-0.3, -0.25) is 9.69 Å². The second-order valence-corrected chi connectivity index (χ2v) is 7.16. The first-order valence-electron chi connectivity index (χ1n) is 9.76. The van der Waals surface area contributed by atoms with E-state index >= 15 is 0 Å². The van der Waals surface area contributed by atoms with Crippen molar-refractivity contribution in [3.63, 3.8) is 0 Å². The summed E-state index contributed by atoms with van der Waals surface area (Å²) in [5.74, 6) is 0.123. The molecular weight excluding hydrogens is 328 g/mol. The molecule has 1 fully saturated rings. The van der Waals surface area contributed by atoms with Crippen LogP contribution in [0.15, 0.2) is 24.3 Å². The lowest BCUT2D eigenvalue weighted by Crippen LogP contribution is -2.55. The van der Waals surface area contributed by atoms with E-state index in [0.717, 1.165) is 32.4 Å². The molecule has 2 aliphatic rings. The standard InChI is InChI=1S/C20H30N4O2/c1-3-21-20(26)24-11-9-17(10-12-24)22-19(25)18-13-15-7-5-6-8-16(15)14-23(18)4-2/h5-8,17-18H,3-4,9-14H2,1-2H3,(H,21,26)(H,22,25)/t18-/m0/s1. The lowest BCUT2D eigenvalue weighted by Gasteiger charge is -2.37. The zero-order valence-corrected chi connectivity index (χ0v) is 15.8. The first-order valence-corrected chi connectivity index (χ1v) is 9.76. The highest BCUT2D eigenvalue weighted by molar-refractivity contribution is 5.83. The third-order valence-electron chi connectivity index (χ3n) is 5.51. The van der Waals surface area contributed by atoms with Crippen molar-refractivity contribution in [1.82, 2.24) is 20.4 Å². The number of likely N-dealkylation sites (N-methyl/N-ethyl adjacent to an activating group) is 1. The molecule has 0 aliphatic carbocycles. The van der Waals surface area contributed by atoms with Crippen molar-refractivity contribution in [2.24, 2.45) is 0 Å². The fourth-order valence-electron chi connectivity index (χ4n) is 3.96. The monoisotopic (exact) mass is 358 g/mol. The van der Waals surface area contributed by atoms with Crippen LogP contribution in [0.2, 0.25) is 0 Å². The lowest BCUT2D eigenvalue weighted by molar-refractivity contribution is -0.128. The maximum atomic E-state index is 12.9. The van der Waals surface area contributed by atoms with Crippen LogP contribution in [0.25, 0.3) is 0 Å². The van der Waals surface area contributed by atoms with Crippen molar-refractivity contribution >= 4 is 11.9 Å². The van der Waals surface area contributed by atoms with Crippen molar-refractivity contribution in [2.75, 3.05) is 26.2 Å². The molecule has 3 rings (SSSR count). The van der Waals surface area contributed by atoms with Gasteiger partial charge in [-0.25, -0.2) is 4.79 Å². The predicted molar refractivity (Wildman–Crippen MR) is 102 cm³/mol. The number of nitrogens with zero attached hydrogens (tertiary/aromatic N) is 2. The van der Waals surface area contributed by atoms with Crippen LogP contribution >= 0.6 is 0 Å². The summed E-state index contributed by atoms with van der Waals surface area (Å²) < 4.78 is 0. The second-order valence-electron chi connectivity index (χ2n) is 7.16. The van der Waals surface area contributed by atoms with Gasteiger partial charge in [0.1, 0.15) is 0 Å². The van der Waals surface area contributed by atoms with E-state index in [-0.39, 0.29) is 24.0 Å². The van der Waals surface area contributed by atoms with Crippen LogP contribution in [0.1, 0.15) is 37.8 Å². The highest BCUT2D eigenvalue weighted by atomic mass is 16.2. The number of amides is 3. The van der Waals surface area contributed by atoms with Gasteiger partial charge in [0.25, 0.3) is 0 Å². The zero-order chi connectivity index (χ0) is 18.5. The van der Waals surface area contributed by atoms with Crippen molar-refractivity contribution in [1.29, 1.82) is 0 Å². The fourth-order valence-corrected chi connectivity index (χ4v) is 3.96. The molecule has 1 aromatic carbocycles. The molecule has 0 aromatic heterocycles. The SMILES string of the molecule is CCNC(=O)N1CCC(NC(=O)[C@@H]2Cc3ccccc3CN2CC)CC1. The third kappa shape index (κ3) is 4.18. The molecular formula is C20H30N4O2. The maximum absolute atomic E-state index is 12.9. The Morgan fingerprint density at radius 1 is 1.12 bits per heavy atom. The Hall–Kier alpha value is -2.08. The molecule has 0 spiro atoms. The minimum absolute atomic E-state index is 0.00155. The van der Waals surface area contributed by atoms with Gasteiger partial charge in [0.05, 0.1) is 6.04 Å². The topological polar surface area (TPSA) is 64.7 Å². The molecule has 1 aromatic rings. The number of likely N-dealkylation sites (tertiary alicyclic amines) is 1. The highest BCUT2D eigenvalue weighted by Crippen LogP contribution is 2.23. The number of carbonyl (C=O) groups is 2. The molecule has 142 valence electrons. The normalized spacial score (nSPS) is 21.2. The van der Waals surface area contributed by atoms with E-state index in [1.54, 1.807) is 0 Å². The zero-order valence-electron chi connectivity index (χ0n) is 15.8. The second kappa shape index (κ2) is 8.54. The number of rotatable bonds is 4. The summed E-state index contributed by atoms with van der Waals surface area (Å²) in [6, 6.07) is 8.46. The van der Waals surface area contributed by atoms with Crippen LogP contribution in [-0.2, 0) is 17.8 Å². The Morgan fingerprint density at radius 3 is 2.46 bits per heavy atom. The number of hydrogen-bond acceptors (Lipinski definition) is 3. The number of hydrogen-bond donors (Lipinski definition) is 2. The average Bonchev–Trinajstić information content (AvgIpc) is 2.67. The van der Waals surface area contributed by atoms with E-state index in [1.165, 1.54) is 11.1 Å². The van der Waals surface area contributed by atoms with Crippen LogP contribution in [0.3, 0.4) is 0 Å². The quantitative estimate of drug-likeness (QED) is 0.862. The summed E-state index contributed by atoms with van der Waals surface area (Å²) in [5, 5.41) is 6.07. The molecule has 0 bridgehead atoms. The maximum Gasteiger partial charge on any atom is 0.317 e. The largest absolute Gasteiger partial charge is 0.352 e. The van der Waals surface area contributed by atoms with Crippen LogP contribution in [0, 0.1) is 0 Å². The van der Waals surface area contributed by atoms with Gasteiger partial charge in [-0.2, -0.15) is 0 Å². The minimum atomic E-state index is -0.101. The van der Waals surface area contributed by atoms with Gasteiger partial charge in [-0.1, -0.05) is 31.2 Å². The Morgan fingerprint density at radius 2 is 1.81 bits per heavy atom. The van der Waals surface area contributed by atoms with E-state index in [4.69, 9.17) is 0 Å². The third-order valence-corrected chi connectivity index (χ3v) is 5.51. The number of nitrogens with one attached hydrogen (secondary N) is 2. The summed E-state index contributed by atoms with van der Waals surface area (Å²) in [6.45, 7) is 7.77. The number of benzene rings is 1. The smallest absolute Gasteiger partial charge is 0.317 e. The van der Waals surface area contributed by atoms with Crippen molar-refractivity contribution in [3.05, 3.63) is 35.4 Å². The summed E-state index contributed by atoms with van der Waals surface area (Å²) >= 11 is 0. The van der Waals surface area contributed by atoms with E-state index in [9.17, 15) is 9.59 Å². The molecule has 0 saturated carbocycles. The van der Waals surface area contributed by atoms with Crippen LogP contribution in [0.5, 0.6) is 0 Å². The first kappa shape index (κ1) is 18.7. The Labute approximate surface area is 155 Å². The Balaban J connectivity index is 1.56. The number of fused-ring (bicyclic) bond motifs is 1. The van der Waals surface area contributed by atoms with Crippen LogP contribution in [0.4, 0.5) is 4.79 Å². The van der Waals surface area contributed by atoms with Crippen LogP contribution < -0.4 is 10.6 Å². The van der Waals surface area contributed by atoms with Gasteiger partial charge in [-0.05, 0) is 43.9 Å². The van der Waals surface area contributed by atoms with Crippen molar-refractivity contribution in [3.8, 4) is 0 Å². The molecule has 6 nitrogen and oxygen atoms in total. The molecule has 26 heavy (non-hydrogen) atoms. The minimum Gasteiger partial charge on any atom is -0.352 e. The summed E-state index contributed by atoms with van der Waals surface area (Å²) in [6.07, 6.45) is 2.41. The molecule has 2 aliphatic heterocycles. The molecule has 1 atom stereocenters. The van der Waals surface area contributed by atoms with Gasteiger partial charge in [0.15, 0.2) is 0 Å². The molecule has 6 heteroatoms. The number of urea groups is 1. The van der Waals surface area contributed by atoms with Gasteiger partial charge in [0, 0.05) is 32.2 Å². The number of carbonyl (C=O) groups excluding carboxylic acids is 2. The van der Waals surface area contributed by atoms with Gasteiger partial charge in [-0.15, -0.1) is 0 Å². The van der Waals surface area contributed by atoms with Gasteiger partial charge >= 0.3 is 6.03 Å². The molecule has 3 amide bonds. The van der Waals surface area contributed by atoms with Crippen molar-refractivity contribution in [2.45, 2.75) is 51.7 Å². The summed E-state index contributed by atoms with van der Waals surface area (Å²) in [4.78, 5) is 28.9. The molecule has 2 heterocycles. The highest BCUT2D eigenvalue weighted by Gasteiger charge is 2.32. The molecule has 0 radical (unpaired) electrons. The number of piperidine rings is 1. The predicted octanol–water partition coefficient (Wildman–Crippen LogP) is 1.74. The van der Waals surface area contributed by atoms with E-state index < -0.39 is 0 Å². The molecule has 1 saturated heterocycles. The van der Waals surface area contributed by atoms with E-state index in [1.807, 2.05) is 17.9 Å². The van der Waals surface area contributed by atoms with Gasteiger partial charge < -0.3 is 15.5 Å². The van der Waals surface area contributed by atoms with E-state index in [0.29, 0.717) is 19.6 Å². The molecule has 2 N–H and O–H groups in total. The first-order chi connectivity index (χ1) is 12.6. The van der Waals surface area contributed by atoms with Crippen LogP contribution in [-0.4, -0.2) is 60.0 Å². The Kier molecular flexibility index (Phi) is 6.14.